The van der Waals surface area contributed by atoms with E-state index in [4.69, 9.17) is 14.6 Å². The molecule has 0 heterocycles. The van der Waals surface area contributed by atoms with Gasteiger partial charge in [-0.2, -0.15) is 0 Å². The number of rotatable bonds is 17. The maximum absolute atomic E-state index is 11.7. The van der Waals surface area contributed by atoms with Crippen molar-refractivity contribution in [1.29, 1.82) is 0 Å². The molecular weight excluding hydrogens is 340 g/mol. The molecule has 152 valence electrons. The van der Waals surface area contributed by atoms with E-state index in [2.05, 4.69) is 6.92 Å². The Labute approximate surface area is 156 Å². The van der Waals surface area contributed by atoms with Gasteiger partial charge < -0.3 is 24.5 Å². The zero-order valence-electron chi connectivity index (χ0n) is 15.9. The van der Waals surface area contributed by atoms with Crippen LogP contribution in [0.2, 0.25) is 0 Å². The van der Waals surface area contributed by atoms with Crippen molar-refractivity contribution in [1.82, 2.24) is 0 Å². The number of carbonyl (C=O) groups is 3. The predicted molar refractivity (Wildman–Crippen MR) is 94.0 cm³/mol. The lowest BCUT2D eigenvalue weighted by atomic mass is 10.1. The minimum Gasteiger partial charge on any atom is -0.550 e. The van der Waals surface area contributed by atoms with Gasteiger partial charge in [0.25, 0.3) is 0 Å². The monoisotopic (exact) mass is 373 g/mol. The lowest BCUT2D eigenvalue weighted by Crippen LogP contribution is -2.29. The summed E-state index contributed by atoms with van der Waals surface area (Å²) in [7, 11) is 0. The number of aliphatic carboxylic acids is 1. The molecule has 0 saturated heterocycles. The molecular formula is C19H33O7-. The van der Waals surface area contributed by atoms with Crippen LogP contribution in [-0.2, 0) is 23.9 Å². The molecule has 0 fully saturated rings. The van der Waals surface area contributed by atoms with E-state index in [0.717, 1.165) is 19.3 Å². The Morgan fingerprint density at radius 3 is 1.96 bits per heavy atom. The highest BCUT2D eigenvalue weighted by atomic mass is 16.6. The summed E-state index contributed by atoms with van der Waals surface area (Å²) in [5, 5.41) is 19.4. The summed E-state index contributed by atoms with van der Waals surface area (Å²) in [4.78, 5) is 33.2. The molecule has 0 aliphatic carbocycles. The zero-order valence-corrected chi connectivity index (χ0v) is 15.9. The van der Waals surface area contributed by atoms with Gasteiger partial charge in [-0.3, -0.25) is 9.59 Å². The second kappa shape index (κ2) is 16.8. The fraction of sp³-hybridized carbons (Fsp3) is 0.842. The first kappa shape index (κ1) is 24.4. The summed E-state index contributed by atoms with van der Waals surface area (Å²) in [6.45, 7) is 1.45. The molecule has 7 nitrogen and oxygen atoms in total. The van der Waals surface area contributed by atoms with Crippen molar-refractivity contribution >= 4 is 17.9 Å². The number of hydrogen-bond donors (Lipinski definition) is 1. The van der Waals surface area contributed by atoms with Gasteiger partial charge in [0.2, 0.25) is 0 Å². The average molecular weight is 373 g/mol. The van der Waals surface area contributed by atoms with Gasteiger partial charge in [-0.15, -0.1) is 0 Å². The van der Waals surface area contributed by atoms with Gasteiger partial charge in [0.15, 0.2) is 6.10 Å². The topological polar surface area (TPSA) is 113 Å². The molecule has 0 rings (SSSR count). The molecule has 0 aliphatic rings. The molecule has 0 amide bonds. The van der Waals surface area contributed by atoms with Crippen LogP contribution in [0.4, 0.5) is 0 Å². The lowest BCUT2D eigenvalue weighted by Gasteiger charge is -2.15. The fourth-order valence-electron chi connectivity index (χ4n) is 2.41. The van der Waals surface area contributed by atoms with Crippen molar-refractivity contribution in [2.24, 2.45) is 0 Å². The minimum absolute atomic E-state index is 0.269. The molecule has 1 atom stereocenters. The molecule has 0 radical (unpaired) electrons. The van der Waals surface area contributed by atoms with E-state index >= 15 is 0 Å². The standard InChI is InChI=1S/C19H34O7/c1-2-3-4-5-6-7-8-9-10-11-19(24)26-16(14-20)15-25-18(23)13-12-17(21)22/h16,20H,2-15H2,1H3,(H,21,22)/p-1. The molecule has 0 spiro atoms. The summed E-state index contributed by atoms with van der Waals surface area (Å²) in [6.07, 6.45) is 8.92. The number of carboxylic acids is 1. The van der Waals surface area contributed by atoms with Gasteiger partial charge in [-0.05, 0) is 12.8 Å². The first-order valence-electron chi connectivity index (χ1n) is 9.65. The van der Waals surface area contributed by atoms with Gasteiger partial charge in [0.1, 0.15) is 6.61 Å². The normalized spacial score (nSPS) is 11.8. The number of unbranched alkanes of at least 4 members (excludes halogenated alkanes) is 8. The third-order valence-electron chi connectivity index (χ3n) is 3.95. The van der Waals surface area contributed by atoms with E-state index in [9.17, 15) is 19.5 Å². The summed E-state index contributed by atoms with van der Waals surface area (Å²) >= 11 is 0. The fourth-order valence-corrected chi connectivity index (χ4v) is 2.41. The van der Waals surface area contributed by atoms with Gasteiger partial charge >= 0.3 is 11.9 Å². The maximum Gasteiger partial charge on any atom is 0.306 e. The van der Waals surface area contributed by atoms with Crippen LogP contribution in [0.3, 0.4) is 0 Å². The highest BCUT2D eigenvalue weighted by Crippen LogP contribution is 2.11. The Morgan fingerprint density at radius 1 is 0.846 bits per heavy atom. The van der Waals surface area contributed by atoms with E-state index in [1.54, 1.807) is 0 Å². The van der Waals surface area contributed by atoms with Crippen molar-refractivity contribution in [3.63, 3.8) is 0 Å². The third kappa shape index (κ3) is 15.9. The van der Waals surface area contributed by atoms with Crippen molar-refractivity contribution in [2.45, 2.75) is 90.1 Å². The summed E-state index contributed by atoms with van der Waals surface area (Å²) in [6, 6.07) is 0. The Hall–Kier alpha value is -1.63. The second-order valence-corrected chi connectivity index (χ2v) is 6.43. The second-order valence-electron chi connectivity index (χ2n) is 6.43. The van der Waals surface area contributed by atoms with Crippen LogP contribution in [0.15, 0.2) is 0 Å². The van der Waals surface area contributed by atoms with Gasteiger partial charge in [-0.25, -0.2) is 0 Å². The lowest BCUT2D eigenvalue weighted by molar-refractivity contribution is -0.305. The third-order valence-corrected chi connectivity index (χ3v) is 3.95. The number of aliphatic hydroxyl groups is 1. The van der Waals surface area contributed by atoms with Crippen molar-refractivity contribution < 1.29 is 34.1 Å². The Kier molecular flexibility index (Phi) is 15.8. The molecule has 7 heteroatoms. The van der Waals surface area contributed by atoms with Gasteiger partial charge in [-0.1, -0.05) is 58.3 Å². The average Bonchev–Trinajstić information content (AvgIpc) is 2.61. The van der Waals surface area contributed by atoms with E-state index in [0.29, 0.717) is 0 Å². The molecule has 0 aromatic heterocycles. The molecule has 0 saturated carbocycles. The predicted octanol–water partition coefficient (Wildman–Crippen LogP) is 1.88. The Bertz CT molecular complexity index is 395. The quantitative estimate of drug-likeness (QED) is 0.306. The first-order chi connectivity index (χ1) is 12.5. The molecule has 1 unspecified atom stereocenters. The summed E-state index contributed by atoms with van der Waals surface area (Å²) in [5.74, 6) is -2.51. The number of aliphatic hydroxyl groups excluding tert-OH is 1. The number of hydrogen-bond acceptors (Lipinski definition) is 7. The number of esters is 2. The molecule has 0 aliphatic heterocycles. The smallest absolute Gasteiger partial charge is 0.306 e. The van der Waals surface area contributed by atoms with Crippen LogP contribution in [0.25, 0.3) is 0 Å². The van der Waals surface area contributed by atoms with Crippen LogP contribution in [0, 0.1) is 0 Å². The van der Waals surface area contributed by atoms with Crippen LogP contribution in [0.5, 0.6) is 0 Å². The first-order valence-corrected chi connectivity index (χ1v) is 9.65. The number of ether oxygens (including phenoxy) is 2. The molecule has 26 heavy (non-hydrogen) atoms. The van der Waals surface area contributed by atoms with E-state index < -0.39 is 37.0 Å². The van der Waals surface area contributed by atoms with Crippen molar-refractivity contribution in [3.05, 3.63) is 0 Å². The van der Waals surface area contributed by atoms with E-state index in [1.165, 1.54) is 38.5 Å². The van der Waals surface area contributed by atoms with Crippen molar-refractivity contribution in [2.75, 3.05) is 13.2 Å². The molecule has 0 aromatic carbocycles. The maximum atomic E-state index is 11.7. The van der Waals surface area contributed by atoms with Crippen LogP contribution in [0.1, 0.15) is 84.0 Å². The number of carbonyl (C=O) groups excluding carboxylic acids is 3. The largest absolute Gasteiger partial charge is 0.550 e. The zero-order chi connectivity index (χ0) is 19.6. The minimum atomic E-state index is -1.34. The van der Waals surface area contributed by atoms with Crippen LogP contribution >= 0.6 is 0 Å². The highest BCUT2D eigenvalue weighted by molar-refractivity contribution is 5.75. The molecule has 0 aromatic rings. The summed E-state index contributed by atoms with van der Waals surface area (Å²) < 4.78 is 9.83. The Morgan fingerprint density at radius 2 is 1.42 bits per heavy atom. The Balaban J connectivity index is 3.68. The van der Waals surface area contributed by atoms with E-state index in [-0.39, 0.29) is 19.4 Å². The molecule has 1 N–H and O–H groups in total. The van der Waals surface area contributed by atoms with Crippen LogP contribution in [-0.4, -0.2) is 42.3 Å². The molecule has 0 bridgehead atoms. The van der Waals surface area contributed by atoms with Gasteiger partial charge in [0, 0.05) is 12.4 Å². The van der Waals surface area contributed by atoms with Gasteiger partial charge in [0.05, 0.1) is 13.0 Å². The SMILES string of the molecule is CCCCCCCCCCCC(=O)OC(CO)COC(=O)CCC(=O)[O-]. The number of carboxylic acid groups (broad SMARTS) is 1. The summed E-state index contributed by atoms with van der Waals surface area (Å²) in [5.41, 5.74) is 0. The van der Waals surface area contributed by atoms with E-state index in [1.807, 2.05) is 0 Å². The highest BCUT2D eigenvalue weighted by Gasteiger charge is 2.16. The van der Waals surface area contributed by atoms with Crippen molar-refractivity contribution in [3.8, 4) is 0 Å². The van der Waals surface area contributed by atoms with Crippen LogP contribution < -0.4 is 5.11 Å².